The highest BCUT2D eigenvalue weighted by Crippen LogP contribution is 2.26. The van der Waals surface area contributed by atoms with Gasteiger partial charge in [-0.1, -0.05) is 0 Å². The fourth-order valence-corrected chi connectivity index (χ4v) is 1.54. The summed E-state index contributed by atoms with van der Waals surface area (Å²) >= 11 is 0. The van der Waals surface area contributed by atoms with Gasteiger partial charge in [0.05, 0.1) is 7.11 Å². The SMILES string of the molecule is COc1ccc(C(=O)C(F)(F)F)c(CN(C)C)c1. The molecular weight excluding hydrogens is 247 g/mol. The van der Waals surface area contributed by atoms with E-state index in [-0.39, 0.29) is 12.1 Å². The standard InChI is InChI=1S/C12H14F3NO2/c1-16(2)7-8-6-9(18-3)4-5-10(8)11(17)12(13,14)15/h4-6H,7H2,1-3H3. The molecule has 6 heteroatoms. The summed E-state index contributed by atoms with van der Waals surface area (Å²) in [6, 6.07) is 3.94. The molecule has 0 aromatic heterocycles. The zero-order valence-corrected chi connectivity index (χ0v) is 10.3. The minimum Gasteiger partial charge on any atom is -0.497 e. The topological polar surface area (TPSA) is 29.5 Å². The van der Waals surface area contributed by atoms with Crippen molar-refractivity contribution in [2.24, 2.45) is 0 Å². The van der Waals surface area contributed by atoms with E-state index < -0.39 is 12.0 Å². The van der Waals surface area contributed by atoms with Crippen LogP contribution in [0.1, 0.15) is 15.9 Å². The molecule has 0 unspecified atom stereocenters. The number of rotatable bonds is 4. The van der Waals surface area contributed by atoms with Crippen LogP contribution >= 0.6 is 0 Å². The van der Waals surface area contributed by atoms with Crippen LogP contribution in [0.3, 0.4) is 0 Å². The lowest BCUT2D eigenvalue weighted by molar-refractivity contribution is -0.0886. The van der Waals surface area contributed by atoms with Gasteiger partial charge in [0.1, 0.15) is 5.75 Å². The number of methoxy groups -OCH3 is 1. The molecule has 0 N–H and O–H groups in total. The van der Waals surface area contributed by atoms with Gasteiger partial charge < -0.3 is 9.64 Å². The van der Waals surface area contributed by atoms with Gasteiger partial charge in [0, 0.05) is 12.1 Å². The number of ether oxygens (including phenoxy) is 1. The predicted molar refractivity (Wildman–Crippen MR) is 60.8 cm³/mol. The molecule has 0 spiro atoms. The third-order valence-corrected chi connectivity index (χ3v) is 2.30. The van der Waals surface area contributed by atoms with Gasteiger partial charge in [0.2, 0.25) is 0 Å². The number of ketones is 1. The molecule has 0 bridgehead atoms. The van der Waals surface area contributed by atoms with Gasteiger partial charge in [-0.2, -0.15) is 13.2 Å². The van der Waals surface area contributed by atoms with E-state index in [2.05, 4.69) is 0 Å². The van der Waals surface area contributed by atoms with Crippen molar-refractivity contribution >= 4 is 5.78 Å². The van der Waals surface area contributed by atoms with Crippen molar-refractivity contribution in [1.82, 2.24) is 4.90 Å². The van der Waals surface area contributed by atoms with Crippen molar-refractivity contribution in [3.63, 3.8) is 0 Å². The largest absolute Gasteiger partial charge is 0.497 e. The lowest BCUT2D eigenvalue weighted by Crippen LogP contribution is -2.25. The van der Waals surface area contributed by atoms with Gasteiger partial charge >= 0.3 is 6.18 Å². The molecule has 0 saturated heterocycles. The van der Waals surface area contributed by atoms with Crippen LogP contribution in [0.4, 0.5) is 13.2 Å². The van der Waals surface area contributed by atoms with E-state index in [1.165, 1.54) is 19.2 Å². The first kappa shape index (κ1) is 14.5. The molecular formula is C12H14F3NO2. The average molecular weight is 261 g/mol. The van der Waals surface area contributed by atoms with Crippen LogP contribution in [0.15, 0.2) is 18.2 Å². The first-order valence-corrected chi connectivity index (χ1v) is 5.19. The maximum Gasteiger partial charge on any atom is 0.454 e. The molecule has 0 aliphatic heterocycles. The van der Waals surface area contributed by atoms with E-state index in [9.17, 15) is 18.0 Å². The quantitative estimate of drug-likeness (QED) is 0.780. The number of hydrogen-bond acceptors (Lipinski definition) is 3. The average Bonchev–Trinajstić information content (AvgIpc) is 2.26. The van der Waals surface area contributed by atoms with E-state index in [0.717, 1.165) is 6.07 Å². The number of nitrogens with zero attached hydrogens (tertiary/aromatic N) is 1. The summed E-state index contributed by atoms with van der Waals surface area (Å²) in [5.41, 5.74) is -0.0429. The molecule has 1 aromatic rings. The Morgan fingerprint density at radius 3 is 2.39 bits per heavy atom. The Labute approximate surface area is 103 Å². The Morgan fingerprint density at radius 2 is 1.94 bits per heavy atom. The van der Waals surface area contributed by atoms with Crippen molar-refractivity contribution in [3.05, 3.63) is 29.3 Å². The Kier molecular flexibility index (Phi) is 4.34. The summed E-state index contributed by atoms with van der Waals surface area (Å²) in [5, 5.41) is 0. The summed E-state index contributed by atoms with van der Waals surface area (Å²) in [6.45, 7) is 0.231. The van der Waals surface area contributed by atoms with Crippen LogP contribution in [-0.4, -0.2) is 38.1 Å². The molecule has 0 amide bonds. The molecule has 0 heterocycles. The first-order valence-electron chi connectivity index (χ1n) is 5.19. The third kappa shape index (κ3) is 3.46. The van der Waals surface area contributed by atoms with Crippen molar-refractivity contribution < 1.29 is 22.7 Å². The Morgan fingerprint density at radius 1 is 1.33 bits per heavy atom. The summed E-state index contributed by atoms with van der Waals surface area (Å²) < 4.78 is 42.3. The fourth-order valence-electron chi connectivity index (χ4n) is 1.54. The van der Waals surface area contributed by atoms with E-state index in [4.69, 9.17) is 4.74 Å². The summed E-state index contributed by atoms with van der Waals surface area (Å²) in [6.07, 6.45) is -4.87. The van der Waals surface area contributed by atoms with Crippen LogP contribution in [0.5, 0.6) is 5.75 Å². The predicted octanol–water partition coefficient (Wildman–Crippen LogP) is 2.50. The van der Waals surface area contributed by atoms with Gasteiger partial charge in [-0.15, -0.1) is 0 Å². The Balaban J connectivity index is 3.21. The summed E-state index contributed by atoms with van der Waals surface area (Å²) in [5.74, 6) is -1.41. The maximum atomic E-state index is 12.4. The number of carbonyl (C=O) groups excluding carboxylic acids is 1. The van der Waals surface area contributed by atoms with E-state index in [1.807, 2.05) is 0 Å². The third-order valence-electron chi connectivity index (χ3n) is 2.30. The van der Waals surface area contributed by atoms with Crippen LogP contribution in [0.2, 0.25) is 0 Å². The highest BCUT2D eigenvalue weighted by molar-refractivity contribution is 6.01. The van der Waals surface area contributed by atoms with Crippen molar-refractivity contribution in [2.75, 3.05) is 21.2 Å². The normalized spacial score (nSPS) is 11.7. The van der Waals surface area contributed by atoms with Crippen LogP contribution < -0.4 is 4.74 Å². The minimum absolute atomic E-state index is 0.231. The number of benzene rings is 1. The summed E-state index contributed by atoms with van der Waals surface area (Å²) in [7, 11) is 4.84. The van der Waals surface area contributed by atoms with Gasteiger partial charge in [-0.05, 0) is 37.9 Å². The van der Waals surface area contributed by atoms with Gasteiger partial charge in [0.15, 0.2) is 0 Å². The number of carbonyl (C=O) groups is 1. The molecule has 0 fully saturated rings. The van der Waals surface area contributed by atoms with Crippen molar-refractivity contribution in [1.29, 1.82) is 0 Å². The van der Waals surface area contributed by atoms with E-state index in [1.54, 1.807) is 19.0 Å². The highest BCUT2D eigenvalue weighted by atomic mass is 19.4. The Hall–Kier alpha value is -1.56. The first-order chi connectivity index (χ1) is 8.25. The highest BCUT2D eigenvalue weighted by Gasteiger charge is 2.40. The molecule has 1 rings (SSSR count). The second-order valence-electron chi connectivity index (χ2n) is 4.09. The monoisotopic (exact) mass is 261 g/mol. The molecule has 0 radical (unpaired) electrons. The molecule has 100 valence electrons. The molecule has 3 nitrogen and oxygen atoms in total. The van der Waals surface area contributed by atoms with Crippen LogP contribution in [0, 0.1) is 0 Å². The molecule has 0 atom stereocenters. The van der Waals surface area contributed by atoms with E-state index in [0.29, 0.717) is 11.3 Å². The lowest BCUT2D eigenvalue weighted by Gasteiger charge is -2.15. The van der Waals surface area contributed by atoms with Gasteiger partial charge in [-0.25, -0.2) is 0 Å². The molecule has 1 aromatic carbocycles. The second kappa shape index (κ2) is 5.39. The maximum absolute atomic E-state index is 12.4. The number of hydrogen-bond donors (Lipinski definition) is 0. The minimum atomic E-state index is -4.87. The zero-order valence-electron chi connectivity index (χ0n) is 10.3. The Bertz CT molecular complexity index is 441. The second-order valence-corrected chi connectivity index (χ2v) is 4.09. The van der Waals surface area contributed by atoms with Crippen molar-refractivity contribution in [3.8, 4) is 5.75 Å². The van der Waals surface area contributed by atoms with Gasteiger partial charge in [0.25, 0.3) is 5.78 Å². The molecule has 0 aliphatic carbocycles. The van der Waals surface area contributed by atoms with Crippen LogP contribution in [-0.2, 0) is 6.54 Å². The molecule has 18 heavy (non-hydrogen) atoms. The zero-order chi connectivity index (χ0) is 13.9. The lowest BCUT2D eigenvalue weighted by atomic mass is 10.0. The summed E-state index contributed by atoms with van der Waals surface area (Å²) in [4.78, 5) is 13.0. The fraction of sp³-hybridized carbons (Fsp3) is 0.417. The number of halogens is 3. The number of alkyl halides is 3. The van der Waals surface area contributed by atoms with E-state index >= 15 is 0 Å². The molecule has 0 saturated carbocycles. The van der Waals surface area contributed by atoms with Gasteiger partial charge in [-0.3, -0.25) is 4.79 Å². The van der Waals surface area contributed by atoms with Crippen LogP contribution in [0.25, 0.3) is 0 Å². The molecule has 0 aliphatic rings. The van der Waals surface area contributed by atoms with Crippen molar-refractivity contribution in [2.45, 2.75) is 12.7 Å². The number of Topliss-reactive ketones (excluding diaryl/α,β-unsaturated/α-hetero) is 1. The smallest absolute Gasteiger partial charge is 0.454 e.